The normalized spacial score (nSPS) is 17.8. The minimum absolute atomic E-state index is 0.0521. The third kappa shape index (κ3) is 2.70. The smallest absolute Gasteiger partial charge is 0.338 e. The fraction of sp³-hybridized carbons (Fsp3) is 0.250. The molecule has 5 nitrogen and oxygen atoms in total. The van der Waals surface area contributed by atoms with Gasteiger partial charge in [0, 0.05) is 6.42 Å². The third-order valence-corrected chi connectivity index (χ3v) is 3.69. The highest BCUT2D eigenvalue weighted by molar-refractivity contribution is 7.86. The summed E-state index contributed by atoms with van der Waals surface area (Å²) in [6.45, 7) is 2.12. The maximum atomic E-state index is 11.8. The van der Waals surface area contributed by atoms with Crippen molar-refractivity contribution < 1.29 is 22.1 Å². The van der Waals surface area contributed by atoms with Crippen molar-refractivity contribution in [2.24, 2.45) is 0 Å². The number of benzene rings is 1. The Morgan fingerprint density at radius 3 is 2.50 bits per heavy atom. The summed E-state index contributed by atoms with van der Waals surface area (Å²) < 4.78 is 33.0. The summed E-state index contributed by atoms with van der Waals surface area (Å²) in [6, 6.07) is 6.26. The fourth-order valence-electron chi connectivity index (χ4n) is 1.44. The van der Waals surface area contributed by atoms with Crippen molar-refractivity contribution in [2.75, 3.05) is 6.61 Å². The van der Waals surface area contributed by atoms with E-state index in [1.807, 2.05) is 6.92 Å². The van der Waals surface area contributed by atoms with Gasteiger partial charge < -0.3 is 8.92 Å². The predicted octanol–water partition coefficient (Wildman–Crippen LogP) is 1.53. The summed E-state index contributed by atoms with van der Waals surface area (Å²) in [5.41, 5.74) is 1.18. The van der Waals surface area contributed by atoms with Gasteiger partial charge in [0.2, 0.25) is 0 Å². The van der Waals surface area contributed by atoms with Crippen molar-refractivity contribution in [3.8, 4) is 0 Å². The van der Waals surface area contributed by atoms with Crippen molar-refractivity contribution >= 4 is 16.1 Å². The van der Waals surface area contributed by atoms with Crippen LogP contribution in [0.2, 0.25) is 0 Å². The lowest BCUT2D eigenvalue weighted by Crippen LogP contribution is -2.04. The van der Waals surface area contributed by atoms with Crippen LogP contribution < -0.4 is 0 Å². The van der Waals surface area contributed by atoms with E-state index < -0.39 is 16.1 Å². The van der Waals surface area contributed by atoms with Gasteiger partial charge in [-0.2, -0.15) is 8.42 Å². The van der Waals surface area contributed by atoms with E-state index in [2.05, 4.69) is 4.74 Å². The molecule has 1 heterocycles. The molecule has 0 unspecified atom stereocenters. The Morgan fingerprint density at radius 2 is 1.94 bits per heavy atom. The number of rotatable bonds is 3. The van der Waals surface area contributed by atoms with Gasteiger partial charge in [-0.1, -0.05) is 17.7 Å². The van der Waals surface area contributed by atoms with Crippen molar-refractivity contribution in [1.29, 1.82) is 0 Å². The standard InChI is InChI=1S/C12H12O5S/c1-9-2-4-11(5-3-9)18(14,15)17-8-10-6-7-16-12(10)13/h2-5,8H,6-7H2,1H3/b10-8-. The lowest BCUT2D eigenvalue weighted by Gasteiger charge is -2.03. The first kappa shape index (κ1) is 12.6. The first-order valence-electron chi connectivity index (χ1n) is 5.35. The quantitative estimate of drug-likeness (QED) is 0.360. The zero-order chi connectivity index (χ0) is 13.2. The van der Waals surface area contributed by atoms with E-state index in [1.165, 1.54) is 12.1 Å². The molecule has 0 aromatic heterocycles. The van der Waals surface area contributed by atoms with Crippen molar-refractivity contribution in [3.63, 3.8) is 0 Å². The molecule has 0 N–H and O–H groups in total. The lowest BCUT2D eigenvalue weighted by atomic mass is 10.2. The number of ether oxygens (including phenoxy) is 1. The Morgan fingerprint density at radius 1 is 1.28 bits per heavy atom. The summed E-state index contributed by atoms with van der Waals surface area (Å²) in [5, 5.41) is 0. The topological polar surface area (TPSA) is 69.7 Å². The largest absolute Gasteiger partial charge is 0.462 e. The van der Waals surface area contributed by atoms with Gasteiger partial charge in [0.05, 0.1) is 12.2 Å². The number of aryl methyl sites for hydroxylation is 1. The van der Waals surface area contributed by atoms with Crippen LogP contribution in [0.3, 0.4) is 0 Å². The first-order valence-corrected chi connectivity index (χ1v) is 6.76. The molecular weight excluding hydrogens is 256 g/mol. The van der Waals surface area contributed by atoms with Crippen molar-refractivity contribution in [1.82, 2.24) is 0 Å². The predicted molar refractivity (Wildman–Crippen MR) is 63.1 cm³/mol. The van der Waals surface area contributed by atoms with E-state index in [-0.39, 0.29) is 17.1 Å². The zero-order valence-electron chi connectivity index (χ0n) is 9.75. The molecule has 1 aromatic carbocycles. The van der Waals surface area contributed by atoms with E-state index in [1.54, 1.807) is 12.1 Å². The van der Waals surface area contributed by atoms with Crippen LogP contribution in [-0.2, 0) is 23.8 Å². The highest BCUT2D eigenvalue weighted by atomic mass is 32.2. The van der Waals surface area contributed by atoms with Crippen molar-refractivity contribution in [3.05, 3.63) is 41.7 Å². The Hall–Kier alpha value is -1.82. The highest BCUT2D eigenvalue weighted by Gasteiger charge is 2.21. The summed E-state index contributed by atoms with van der Waals surface area (Å²) in [4.78, 5) is 11.2. The molecule has 0 atom stereocenters. The van der Waals surface area contributed by atoms with E-state index >= 15 is 0 Å². The number of hydrogen-bond donors (Lipinski definition) is 0. The Kier molecular flexibility index (Phi) is 3.38. The molecule has 1 saturated heterocycles. The van der Waals surface area contributed by atoms with Gasteiger partial charge in [-0.15, -0.1) is 0 Å². The Balaban J connectivity index is 2.17. The molecule has 96 valence electrons. The number of carbonyl (C=O) groups excluding carboxylic acids is 1. The summed E-state index contributed by atoms with van der Waals surface area (Å²) in [5.74, 6) is -0.533. The average molecular weight is 268 g/mol. The maximum Gasteiger partial charge on any atom is 0.338 e. The van der Waals surface area contributed by atoms with Gasteiger partial charge in [0.15, 0.2) is 0 Å². The second kappa shape index (κ2) is 4.81. The molecule has 0 bridgehead atoms. The molecule has 1 fully saturated rings. The van der Waals surface area contributed by atoms with Gasteiger partial charge in [-0.05, 0) is 19.1 Å². The molecule has 0 amide bonds. The Bertz CT molecular complexity index is 583. The van der Waals surface area contributed by atoms with Crippen LogP contribution in [0.15, 0.2) is 41.0 Å². The number of carbonyl (C=O) groups is 1. The van der Waals surface area contributed by atoms with Crippen LogP contribution >= 0.6 is 0 Å². The molecule has 1 aromatic rings. The van der Waals surface area contributed by atoms with Crippen LogP contribution in [0, 0.1) is 6.92 Å². The second-order valence-corrected chi connectivity index (χ2v) is 5.46. The van der Waals surface area contributed by atoms with Gasteiger partial charge in [-0.3, -0.25) is 0 Å². The average Bonchev–Trinajstić information content (AvgIpc) is 2.73. The molecule has 1 aliphatic rings. The number of cyclic esters (lactones) is 1. The van der Waals surface area contributed by atoms with Crippen LogP contribution in [0.4, 0.5) is 0 Å². The van der Waals surface area contributed by atoms with Crippen molar-refractivity contribution in [2.45, 2.75) is 18.2 Å². The molecule has 6 heteroatoms. The van der Waals surface area contributed by atoms with Crippen LogP contribution in [0.1, 0.15) is 12.0 Å². The third-order valence-electron chi connectivity index (χ3n) is 2.49. The monoisotopic (exact) mass is 268 g/mol. The molecule has 0 saturated carbocycles. The first-order chi connectivity index (χ1) is 8.49. The molecule has 0 aliphatic carbocycles. The van der Waals surface area contributed by atoms with Crippen LogP contribution in [-0.4, -0.2) is 21.0 Å². The zero-order valence-corrected chi connectivity index (χ0v) is 10.6. The number of hydrogen-bond acceptors (Lipinski definition) is 5. The van der Waals surface area contributed by atoms with Crippen LogP contribution in [0.25, 0.3) is 0 Å². The number of esters is 1. The molecular formula is C12H12O5S. The Labute approximate surface area is 105 Å². The fourth-order valence-corrected chi connectivity index (χ4v) is 2.26. The van der Waals surface area contributed by atoms with Gasteiger partial charge in [0.25, 0.3) is 0 Å². The minimum Gasteiger partial charge on any atom is -0.462 e. The molecule has 2 rings (SSSR count). The van der Waals surface area contributed by atoms with E-state index in [0.29, 0.717) is 6.42 Å². The molecule has 0 radical (unpaired) electrons. The van der Waals surface area contributed by atoms with Gasteiger partial charge in [-0.25, -0.2) is 4.79 Å². The van der Waals surface area contributed by atoms with E-state index in [9.17, 15) is 13.2 Å². The molecule has 1 aliphatic heterocycles. The van der Waals surface area contributed by atoms with E-state index in [0.717, 1.165) is 11.8 Å². The lowest BCUT2D eigenvalue weighted by molar-refractivity contribution is -0.135. The van der Waals surface area contributed by atoms with Gasteiger partial charge in [0.1, 0.15) is 11.2 Å². The van der Waals surface area contributed by atoms with Crippen LogP contribution in [0.5, 0.6) is 0 Å². The van der Waals surface area contributed by atoms with E-state index in [4.69, 9.17) is 4.18 Å². The summed E-state index contributed by atoms with van der Waals surface area (Å²) >= 11 is 0. The minimum atomic E-state index is -3.87. The summed E-state index contributed by atoms with van der Waals surface area (Å²) in [7, 11) is -3.87. The van der Waals surface area contributed by atoms with Gasteiger partial charge >= 0.3 is 16.1 Å². The molecule has 0 spiro atoms. The second-order valence-electron chi connectivity index (χ2n) is 3.89. The highest BCUT2D eigenvalue weighted by Crippen LogP contribution is 2.17. The molecule has 18 heavy (non-hydrogen) atoms. The maximum absolute atomic E-state index is 11.8. The summed E-state index contributed by atoms with van der Waals surface area (Å²) in [6.07, 6.45) is 1.31. The SMILES string of the molecule is Cc1ccc(S(=O)(=O)O/C=C2/CCOC2=O)cc1.